The van der Waals surface area contributed by atoms with Crippen molar-refractivity contribution >= 4 is 56.8 Å². The summed E-state index contributed by atoms with van der Waals surface area (Å²) in [6.45, 7) is 12.6. The van der Waals surface area contributed by atoms with Gasteiger partial charge in [0.1, 0.15) is 0 Å². The fourth-order valence-electron chi connectivity index (χ4n) is 3.99. The number of aromatic nitrogens is 3. The Balaban J connectivity index is 1.79. The number of carbonyl (C=O) groups is 2. The van der Waals surface area contributed by atoms with Crippen molar-refractivity contribution in [3.63, 3.8) is 0 Å². The van der Waals surface area contributed by atoms with Crippen LogP contribution in [-0.4, -0.2) is 32.3 Å². The summed E-state index contributed by atoms with van der Waals surface area (Å²) in [6, 6.07) is 12.4. The van der Waals surface area contributed by atoms with E-state index in [0.29, 0.717) is 34.5 Å². The number of rotatable bonds is 12. The van der Waals surface area contributed by atoms with Gasteiger partial charge in [-0.15, -0.1) is 16.8 Å². The molecule has 0 aliphatic rings. The molecule has 0 unspecified atom stereocenters. The van der Waals surface area contributed by atoms with Gasteiger partial charge < -0.3 is 15.2 Å². The third-order valence-corrected chi connectivity index (χ3v) is 7.53. The van der Waals surface area contributed by atoms with E-state index in [1.807, 2.05) is 22.8 Å². The molecule has 1 heterocycles. The highest BCUT2D eigenvalue weighted by atomic mass is 79.9. The van der Waals surface area contributed by atoms with Crippen LogP contribution in [0.5, 0.6) is 0 Å². The van der Waals surface area contributed by atoms with Gasteiger partial charge in [-0.25, -0.2) is 0 Å². The maximum atomic E-state index is 13.1. The van der Waals surface area contributed by atoms with E-state index in [4.69, 9.17) is 11.6 Å². The smallest absolute Gasteiger partial charge is 0.253 e. The van der Waals surface area contributed by atoms with Crippen molar-refractivity contribution in [1.29, 1.82) is 0 Å². The fourth-order valence-corrected chi connectivity index (χ4v) is 5.34. The lowest BCUT2D eigenvalue weighted by Gasteiger charge is -2.21. The van der Waals surface area contributed by atoms with E-state index >= 15 is 0 Å². The topological polar surface area (TPSA) is 88.9 Å². The zero-order valence-corrected chi connectivity index (χ0v) is 25.2. The van der Waals surface area contributed by atoms with Crippen LogP contribution in [0.3, 0.4) is 0 Å². The summed E-state index contributed by atoms with van der Waals surface area (Å²) >= 11 is 11.0. The van der Waals surface area contributed by atoms with Crippen molar-refractivity contribution < 1.29 is 9.59 Å². The molecule has 7 nitrogen and oxygen atoms in total. The van der Waals surface area contributed by atoms with Gasteiger partial charge in [0.2, 0.25) is 5.91 Å². The standard InChI is InChI=1S/C28H33BrClN5O2S/c1-6-13-35-26(24(14-17(2)3)32-27(37)20-9-7-8-10-22(20)30)33-34-28(35)38-16-25(36)31-23-12-11-19(29)15-21(23)18(4)5/h6-12,15,17-18,24H,1,13-14,16H2,2-5H3,(H,31,36)(H,32,37)/t24-/m0/s1. The first-order valence-electron chi connectivity index (χ1n) is 12.4. The van der Waals surface area contributed by atoms with E-state index in [1.54, 1.807) is 30.3 Å². The van der Waals surface area contributed by atoms with E-state index in [9.17, 15) is 9.59 Å². The quantitative estimate of drug-likeness (QED) is 0.165. The average molecular weight is 619 g/mol. The van der Waals surface area contributed by atoms with Crippen molar-refractivity contribution in [1.82, 2.24) is 20.1 Å². The Bertz CT molecular complexity index is 1290. The Morgan fingerprint density at radius 2 is 1.89 bits per heavy atom. The van der Waals surface area contributed by atoms with Crippen LogP contribution in [0.25, 0.3) is 0 Å². The summed E-state index contributed by atoms with van der Waals surface area (Å²) in [7, 11) is 0. The van der Waals surface area contributed by atoms with E-state index in [0.717, 1.165) is 15.7 Å². The number of hydrogen-bond donors (Lipinski definition) is 2. The Kier molecular flexibility index (Phi) is 11.0. The molecule has 0 saturated carbocycles. The van der Waals surface area contributed by atoms with Gasteiger partial charge in [-0.2, -0.15) is 0 Å². The van der Waals surface area contributed by atoms with Crippen LogP contribution >= 0.6 is 39.3 Å². The Labute approximate surface area is 242 Å². The monoisotopic (exact) mass is 617 g/mol. The first-order chi connectivity index (χ1) is 18.1. The van der Waals surface area contributed by atoms with Crippen molar-refractivity contribution in [2.45, 2.75) is 57.8 Å². The van der Waals surface area contributed by atoms with Gasteiger partial charge in [0.25, 0.3) is 5.91 Å². The van der Waals surface area contributed by atoms with Gasteiger partial charge in [0, 0.05) is 16.7 Å². The van der Waals surface area contributed by atoms with E-state index in [2.05, 4.69) is 71.0 Å². The summed E-state index contributed by atoms with van der Waals surface area (Å²) in [5.74, 6) is 0.884. The van der Waals surface area contributed by atoms with E-state index in [-0.39, 0.29) is 29.4 Å². The third kappa shape index (κ3) is 7.94. The predicted molar refractivity (Wildman–Crippen MR) is 159 cm³/mol. The van der Waals surface area contributed by atoms with Crippen LogP contribution in [-0.2, 0) is 11.3 Å². The van der Waals surface area contributed by atoms with Crippen LogP contribution in [0.1, 0.15) is 67.8 Å². The van der Waals surface area contributed by atoms with Gasteiger partial charge in [0.05, 0.1) is 22.4 Å². The molecule has 0 aliphatic heterocycles. The van der Waals surface area contributed by atoms with E-state index in [1.165, 1.54) is 11.8 Å². The molecule has 1 atom stereocenters. The number of halogens is 2. The molecular formula is C28H33BrClN5O2S. The SMILES string of the molecule is C=CCn1c(SCC(=O)Nc2ccc(Br)cc2C(C)C)nnc1[C@H](CC(C)C)NC(=O)c1ccccc1Cl. The summed E-state index contributed by atoms with van der Waals surface area (Å²) in [5, 5.41) is 15.8. The van der Waals surface area contributed by atoms with Crippen molar-refractivity contribution in [2.24, 2.45) is 5.92 Å². The molecule has 202 valence electrons. The number of thioether (sulfide) groups is 1. The second-order valence-electron chi connectivity index (χ2n) is 9.60. The molecule has 0 saturated heterocycles. The van der Waals surface area contributed by atoms with Crippen LogP contribution in [0.2, 0.25) is 5.02 Å². The molecule has 2 N–H and O–H groups in total. The van der Waals surface area contributed by atoms with Gasteiger partial charge in [-0.1, -0.05) is 85.2 Å². The van der Waals surface area contributed by atoms with Gasteiger partial charge in [-0.05, 0) is 54.2 Å². The minimum atomic E-state index is -0.397. The Morgan fingerprint density at radius 1 is 1.16 bits per heavy atom. The highest BCUT2D eigenvalue weighted by molar-refractivity contribution is 9.10. The largest absolute Gasteiger partial charge is 0.342 e. The number of carbonyl (C=O) groups excluding carboxylic acids is 2. The first kappa shape index (κ1) is 29.9. The highest BCUT2D eigenvalue weighted by Crippen LogP contribution is 2.29. The molecule has 0 aliphatic carbocycles. The molecule has 2 aromatic carbocycles. The average Bonchev–Trinajstić information content (AvgIpc) is 3.26. The van der Waals surface area contributed by atoms with E-state index < -0.39 is 6.04 Å². The molecule has 38 heavy (non-hydrogen) atoms. The fraction of sp³-hybridized carbons (Fsp3) is 0.357. The van der Waals surface area contributed by atoms with Gasteiger partial charge in [0.15, 0.2) is 11.0 Å². The van der Waals surface area contributed by atoms with Crippen LogP contribution in [0.4, 0.5) is 5.69 Å². The third-order valence-electron chi connectivity index (χ3n) is 5.74. The minimum Gasteiger partial charge on any atom is -0.342 e. The number of amides is 2. The first-order valence-corrected chi connectivity index (χ1v) is 14.6. The number of allylic oxidation sites excluding steroid dienone is 1. The molecule has 2 amide bonds. The van der Waals surface area contributed by atoms with Gasteiger partial charge in [-0.3, -0.25) is 9.59 Å². The molecule has 3 aromatic rings. The summed E-state index contributed by atoms with van der Waals surface area (Å²) in [6.07, 6.45) is 2.40. The lowest BCUT2D eigenvalue weighted by Crippen LogP contribution is -2.32. The maximum absolute atomic E-state index is 13.1. The Morgan fingerprint density at radius 3 is 2.55 bits per heavy atom. The normalized spacial score (nSPS) is 12.0. The van der Waals surface area contributed by atoms with Gasteiger partial charge >= 0.3 is 0 Å². The summed E-state index contributed by atoms with van der Waals surface area (Å²) < 4.78 is 2.86. The molecule has 10 heteroatoms. The van der Waals surface area contributed by atoms with Crippen LogP contribution < -0.4 is 10.6 Å². The lowest BCUT2D eigenvalue weighted by atomic mass is 10.0. The van der Waals surface area contributed by atoms with Crippen LogP contribution in [0.15, 0.2) is 64.7 Å². The lowest BCUT2D eigenvalue weighted by molar-refractivity contribution is -0.113. The highest BCUT2D eigenvalue weighted by Gasteiger charge is 2.25. The molecule has 0 radical (unpaired) electrons. The molecule has 0 bridgehead atoms. The van der Waals surface area contributed by atoms with Crippen molar-refractivity contribution in [3.8, 4) is 0 Å². The number of anilines is 1. The molecule has 1 aromatic heterocycles. The molecule has 0 spiro atoms. The number of nitrogens with zero attached hydrogens (tertiary/aromatic N) is 3. The molecular weight excluding hydrogens is 586 g/mol. The zero-order valence-electron chi connectivity index (χ0n) is 22.0. The maximum Gasteiger partial charge on any atom is 0.253 e. The summed E-state index contributed by atoms with van der Waals surface area (Å²) in [5.41, 5.74) is 2.25. The zero-order chi connectivity index (χ0) is 27.8. The van der Waals surface area contributed by atoms with Crippen molar-refractivity contribution in [2.75, 3.05) is 11.1 Å². The second kappa shape index (κ2) is 14.0. The number of benzene rings is 2. The van der Waals surface area contributed by atoms with Crippen molar-refractivity contribution in [3.05, 3.63) is 81.6 Å². The minimum absolute atomic E-state index is 0.139. The summed E-state index contributed by atoms with van der Waals surface area (Å²) in [4.78, 5) is 25.9. The molecule has 0 fully saturated rings. The predicted octanol–water partition coefficient (Wildman–Crippen LogP) is 7.25. The Hall–Kier alpha value is -2.62. The number of nitrogens with one attached hydrogen (secondary N) is 2. The second-order valence-corrected chi connectivity index (χ2v) is 11.9. The van der Waals surface area contributed by atoms with Crippen LogP contribution in [0, 0.1) is 5.92 Å². The molecule has 3 rings (SSSR count). The number of hydrogen-bond acceptors (Lipinski definition) is 5.